The molecule has 2 aromatic carbocycles. The average molecular weight is 462 g/mol. The van der Waals surface area contributed by atoms with Gasteiger partial charge in [-0.2, -0.15) is 0 Å². The topological polar surface area (TPSA) is 100 Å². The van der Waals surface area contributed by atoms with Gasteiger partial charge in [0.25, 0.3) is 11.8 Å². The molecule has 34 heavy (non-hydrogen) atoms. The van der Waals surface area contributed by atoms with E-state index in [1.54, 1.807) is 12.1 Å². The van der Waals surface area contributed by atoms with Gasteiger partial charge in [-0.1, -0.05) is 38.1 Å². The minimum absolute atomic E-state index is 0.0750. The van der Waals surface area contributed by atoms with Crippen LogP contribution in [0.4, 0.5) is 0 Å². The van der Waals surface area contributed by atoms with E-state index in [2.05, 4.69) is 16.0 Å². The van der Waals surface area contributed by atoms with Crippen molar-refractivity contribution in [1.29, 1.82) is 0 Å². The van der Waals surface area contributed by atoms with Gasteiger partial charge in [-0.25, -0.2) is 0 Å². The Morgan fingerprint density at radius 2 is 1.68 bits per heavy atom. The summed E-state index contributed by atoms with van der Waals surface area (Å²) in [5.41, 5.74) is 4.52. The Labute approximate surface area is 199 Å². The first-order valence-electron chi connectivity index (χ1n) is 11.3. The second kappa shape index (κ2) is 10.8. The van der Waals surface area contributed by atoms with E-state index in [0.717, 1.165) is 22.3 Å². The maximum atomic E-state index is 12.6. The number of hydrogen-bond donors (Lipinski definition) is 3. The van der Waals surface area contributed by atoms with Crippen molar-refractivity contribution in [2.45, 2.75) is 40.3 Å². The van der Waals surface area contributed by atoms with Crippen LogP contribution < -0.4 is 16.0 Å². The lowest BCUT2D eigenvalue weighted by Crippen LogP contribution is -2.48. The predicted octanol–water partition coefficient (Wildman–Crippen LogP) is 3.99. The number of carbonyl (C=O) groups is 3. The van der Waals surface area contributed by atoms with Crippen molar-refractivity contribution < 1.29 is 18.8 Å². The zero-order chi connectivity index (χ0) is 24.8. The first-order chi connectivity index (χ1) is 16.2. The van der Waals surface area contributed by atoms with Gasteiger partial charge in [-0.3, -0.25) is 14.4 Å². The molecule has 0 radical (unpaired) electrons. The third-order valence-electron chi connectivity index (χ3n) is 5.75. The van der Waals surface area contributed by atoms with Gasteiger partial charge in [-0.05, 0) is 66.8 Å². The van der Waals surface area contributed by atoms with Crippen molar-refractivity contribution in [3.05, 3.63) is 82.6 Å². The molecule has 0 aliphatic rings. The molecule has 0 aliphatic carbocycles. The van der Waals surface area contributed by atoms with Crippen molar-refractivity contribution in [2.24, 2.45) is 5.92 Å². The van der Waals surface area contributed by atoms with E-state index in [1.165, 1.54) is 7.05 Å². The van der Waals surface area contributed by atoms with Crippen LogP contribution in [0.25, 0.3) is 11.3 Å². The van der Waals surface area contributed by atoms with Gasteiger partial charge < -0.3 is 20.4 Å². The highest BCUT2D eigenvalue weighted by Crippen LogP contribution is 2.23. The molecule has 1 aromatic heterocycles. The Balaban J connectivity index is 1.68. The zero-order valence-corrected chi connectivity index (χ0v) is 20.2. The molecular formula is C27H31N3O4. The number of amides is 3. The van der Waals surface area contributed by atoms with Crippen LogP contribution in [0.5, 0.6) is 0 Å². The largest absolute Gasteiger partial charge is 0.451 e. The third-order valence-corrected chi connectivity index (χ3v) is 5.75. The molecule has 3 rings (SSSR count). The van der Waals surface area contributed by atoms with Crippen molar-refractivity contribution in [3.8, 4) is 11.3 Å². The molecule has 0 saturated carbocycles. The summed E-state index contributed by atoms with van der Waals surface area (Å²) in [6.07, 6.45) is 0. The molecule has 3 N–H and O–H groups in total. The van der Waals surface area contributed by atoms with Crippen LogP contribution in [-0.2, 0) is 11.3 Å². The molecule has 1 atom stereocenters. The van der Waals surface area contributed by atoms with Crippen molar-refractivity contribution in [3.63, 3.8) is 0 Å². The van der Waals surface area contributed by atoms with E-state index in [0.29, 0.717) is 17.9 Å². The lowest BCUT2D eigenvalue weighted by Gasteiger charge is -2.19. The first-order valence-corrected chi connectivity index (χ1v) is 11.3. The number of nitrogens with one attached hydrogen (secondary N) is 3. The Morgan fingerprint density at radius 3 is 2.35 bits per heavy atom. The van der Waals surface area contributed by atoms with Crippen LogP contribution in [0.3, 0.4) is 0 Å². The van der Waals surface area contributed by atoms with E-state index < -0.39 is 11.9 Å². The van der Waals surface area contributed by atoms with Gasteiger partial charge in [0.05, 0.1) is 0 Å². The predicted molar refractivity (Wildman–Crippen MR) is 131 cm³/mol. The second-order valence-electron chi connectivity index (χ2n) is 8.66. The van der Waals surface area contributed by atoms with Gasteiger partial charge in [0.1, 0.15) is 11.8 Å². The van der Waals surface area contributed by atoms with E-state index in [9.17, 15) is 14.4 Å². The molecule has 0 saturated heterocycles. The number of rotatable bonds is 8. The third kappa shape index (κ3) is 5.92. The maximum absolute atomic E-state index is 12.6. The number of carbonyl (C=O) groups excluding carboxylic acids is 3. The van der Waals surface area contributed by atoms with Crippen LogP contribution in [0.15, 0.2) is 59.0 Å². The minimum atomic E-state index is -0.657. The molecule has 7 nitrogen and oxygen atoms in total. The molecule has 1 unspecified atom stereocenters. The Kier molecular flexibility index (Phi) is 7.89. The summed E-state index contributed by atoms with van der Waals surface area (Å²) in [6.45, 7) is 8.07. The molecule has 0 aliphatic heterocycles. The number of aryl methyl sites for hydroxylation is 2. The molecule has 0 bridgehead atoms. The van der Waals surface area contributed by atoms with Gasteiger partial charge in [-0.15, -0.1) is 0 Å². The monoisotopic (exact) mass is 461 g/mol. The fourth-order valence-corrected chi connectivity index (χ4v) is 3.52. The molecular weight excluding hydrogens is 430 g/mol. The summed E-state index contributed by atoms with van der Waals surface area (Å²) >= 11 is 0. The minimum Gasteiger partial charge on any atom is -0.451 e. The Bertz CT molecular complexity index is 1200. The highest BCUT2D eigenvalue weighted by Gasteiger charge is 2.25. The number of likely N-dealkylation sites (N-methyl/N-ethyl adjacent to an activating group) is 1. The van der Waals surface area contributed by atoms with Crippen molar-refractivity contribution in [1.82, 2.24) is 16.0 Å². The van der Waals surface area contributed by atoms with Crippen LogP contribution in [0.1, 0.15) is 51.5 Å². The summed E-state index contributed by atoms with van der Waals surface area (Å²) < 4.78 is 5.77. The van der Waals surface area contributed by atoms with E-state index >= 15 is 0 Å². The van der Waals surface area contributed by atoms with Crippen LogP contribution in [-0.4, -0.2) is 30.8 Å². The molecule has 3 amide bonds. The summed E-state index contributed by atoms with van der Waals surface area (Å²) in [5, 5.41) is 8.23. The fourth-order valence-electron chi connectivity index (χ4n) is 3.52. The lowest BCUT2D eigenvalue weighted by atomic mass is 10.0. The molecule has 0 spiro atoms. The Hall–Kier alpha value is -3.87. The quantitative estimate of drug-likeness (QED) is 0.472. The molecule has 7 heteroatoms. The van der Waals surface area contributed by atoms with Gasteiger partial charge in [0.15, 0.2) is 5.76 Å². The highest BCUT2D eigenvalue weighted by molar-refractivity contribution is 5.96. The van der Waals surface area contributed by atoms with Crippen molar-refractivity contribution >= 4 is 17.7 Å². The standard InChI is InChI=1S/C27H31N3O4/c1-16(2)24(27(33)28-5)30-26(32)23-12-11-22(34-23)20-8-6-7-19(14-20)15-29-25(31)21-10-9-17(3)18(4)13-21/h6-14,16,24H,15H2,1-5H3,(H,28,33)(H,29,31)(H,30,32). The Morgan fingerprint density at radius 1 is 0.912 bits per heavy atom. The number of hydrogen-bond acceptors (Lipinski definition) is 4. The second-order valence-corrected chi connectivity index (χ2v) is 8.66. The summed E-state index contributed by atoms with van der Waals surface area (Å²) in [6, 6.07) is 15.8. The lowest BCUT2D eigenvalue weighted by molar-refractivity contribution is -0.123. The van der Waals surface area contributed by atoms with E-state index in [4.69, 9.17) is 4.42 Å². The number of furan rings is 1. The van der Waals surface area contributed by atoms with Crippen LogP contribution >= 0.6 is 0 Å². The average Bonchev–Trinajstić information content (AvgIpc) is 3.32. The van der Waals surface area contributed by atoms with Gasteiger partial charge in [0.2, 0.25) is 5.91 Å². The number of benzene rings is 2. The van der Waals surface area contributed by atoms with E-state index in [1.807, 2.05) is 70.2 Å². The van der Waals surface area contributed by atoms with E-state index in [-0.39, 0.29) is 23.5 Å². The van der Waals surface area contributed by atoms with Gasteiger partial charge >= 0.3 is 0 Å². The SMILES string of the molecule is CNC(=O)C(NC(=O)c1ccc(-c2cccc(CNC(=O)c3ccc(C)c(C)c3)c2)o1)C(C)C. The fraction of sp³-hybridized carbons (Fsp3) is 0.296. The first kappa shape index (κ1) is 24.8. The summed E-state index contributed by atoms with van der Waals surface area (Å²) in [4.78, 5) is 37.2. The van der Waals surface area contributed by atoms with Crippen molar-refractivity contribution in [2.75, 3.05) is 7.05 Å². The normalized spacial score (nSPS) is 11.7. The smallest absolute Gasteiger partial charge is 0.287 e. The molecule has 1 heterocycles. The highest BCUT2D eigenvalue weighted by atomic mass is 16.4. The maximum Gasteiger partial charge on any atom is 0.287 e. The molecule has 178 valence electrons. The summed E-state index contributed by atoms with van der Waals surface area (Å²) in [7, 11) is 1.53. The summed E-state index contributed by atoms with van der Waals surface area (Å²) in [5.74, 6) is -0.280. The van der Waals surface area contributed by atoms with Crippen LogP contribution in [0, 0.1) is 19.8 Å². The molecule has 3 aromatic rings. The van der Waals surface area contributed by atoms with Gasteiger partial charge in [0, 0.05) is 24.7 Å². The van der Waals surface area contributed by atoms with Crippen LogP contribution in [0.2, 0.25) is 0 Å². The zero-order valence-electron chi connectivity index (χ0n) is 20.2. The molecule has 0 fully saturated rings.